The molecular weight excluding hydrogens is 440 g/mol. The van der Waals surface area contributed by atoms with Crippen LogP contribution in [0.25, 0.3) is 0 Å². The highest BCUT2D eigenvalue weighted by atomic mass is 32.2. The molecule has 0 unspecified atom stereocenters. The van der Waals surface area contributed by atoms with Crippen molar-refractivity contribution in [3.63, 3.8) is 0 Å². The molecule has 10 nitrogen and oxygen atoms in total. The molecule has 0 saturated carbocycles. The Morgan fingerprint density at radius 3 is 2.34 bits per heavy atom. The van der Waals surface area contributed by atoms with Gasteiger partial charge in [0.25, 0.3) is 5.91 Å². The van der Waals surface area contributed by atoms with Crippen molar-refractivity contribution in [1.29, 1.82) is 0 Å². The van der Waals surface area contributed by atoms with Gasteiger partial charge in [0, 0.05) is 30.3 Å². The van der Waals surface area contributed by atoms with Gasteiger partial charge in [0.1, 0.15) is 5.75 Å². The number of aryl methyl sites for hydroxylation is 1. The largest absolute Gasteiger partial charge is 0.493 e. The molecule has 1 aliphatic heterocycles. The van der Waals surface area contributed by atoms with E-state index in [0.29, 0.717) is 34.2 Å². The summed E-state index contributed by atoms with van der Waals surface area (Å²) in [6.07, 6.45) is -0.271. The maximum atomic E-state index is 12.9. The minimum Gasteiger partial charge on any atom is -0.493 e. The zero-order valence-corrected chi connectivity index (χ0v) is 18.9. The van der Waals surface area contributed by atoms with E-state index in [-0.39, 0.29) is 29.6 Å². The molecule has 0 aliphatic carbocycles. The Morgan fingerprint density at radius 1 is 1.09 bits per heavy atom. The number of carbonyl (C=O) groups excluding carboxylic acids is 2. The van der Waals surface area contributed by atoms with Crippen LogP contribution in [-0.2, 0) is 19.4 Å². The quantitative estimate of drug-likeness (QED) is 0.608. The van der Waals surface area contributed by atoms with Crippen molar-refractivity contribution in [1.82, 2.24) is 0 Å². The smallest absolute Gasteiger partial charge is 0.262 e. The number of anilines is 2. The number of nitrogens with one attached hydrogen (secondary N) is 2. The van der Waals surface area contributed by atoms with Gasteiger partial charge in [-0.1, -0.05) is 0 Å². The van der Waals surface area contributed by atoms with Gasteiger partial charge in [-0.15, -0.1) is 0 Å². The van der Waals surface area contributed by atoms with E-state index in [1.807, 2.05) is 0 Å². The third-order valence-electron chi connectivity index (χ3n) is 4.79. The normalized spacial score (nSPS) is 12.8. The lowest BCUT2D eigenvalue weighted by Gasteiger charge is -2.20. The second-order valence-electron chi connectivity index (χ2n) is 6.98. The molecule has 11 heteroatoms. The molecule has 0 saturated heterocycles. The van der Waals surface area contributed by atoms with Gasteiger partial charge in [-0.05, 0) is 18.6 Å². The van der Waals surface area contributed by atoms with Crippen molar-refractivity contribution in [2.45, 2.75) is 18.2 Å². The van der Waals surface area contributed by atoms with Crippen molar-refractivity contribution >= 4 is 33.0 Å². The number of amides is 2. The number of rotatable bonds is 8. The standard InChI is InChI=1S/C21H24N2O8S/c1-12-7-14-15(31-11-20(25)23-14)10-18(12)32(26,27)6-5-19(24)22-13-8-16(28-2)21(30-4)17(9-13)29-3/h7-10H,5-6,11H2,1-4H3,(H,22,24)(H,23,25). The fourth-order valence-corrected chi connectivity index (χ4v) is 4.78. The van der Waals surface area contributed by atoms with Gasteiger partial charge >= 0.3 is 0 Å². The van der Waals surface area contributed by atoms with Crippen LogP contribution < -0.4 is 29.6 Å². The molecule has 2 amide bonds. The topological polar surface area (TPSA) is 129 Å². The Labute approximate surface area is 185 Å². The van der Waals surface area contributed by atoms with Gasteiger partial charge in [0.05, 0.1) is 37.7 Å². The first-order valence-electron chi connectivity index (χ1n) is 9.58. The van der Waals surface area contributed by atoms with Crippen molar-refractivity contribution in [3.8, 4) is 23.0 Å². The highest BCUT2D eigenvalue weighted by Crippen LogP contribution is 2.40. The maximum Gasteiger partial charge on any atom is 0.262 e. The fourth-order valence-electron chi connectivity index (χ4n) is 3.26. The van der Waals surface area contributed by atoms with Crippen LogP contribution in [0.15, 0.2) is 29.2 Å². The molecular formula is C21H24N2O8S. The van der Waals surface area contributed by atoms with E-state index < -0.39 is 21.5 Å². The van der Waals surface area contributed by atoms with E-state index in [2.05, 4.69) is 10.6 Å². The van der Waals surface area contributed by atoms with Crippen LogP contribution in [0.3, 0.4) is 0 Å². The van der Waals surface area contributed by atoms with E-state index >= 15 is 0 Å². The number of ether oxygens (including phenoxy) is 4. The predicted octanol–water partition coefficient (Wildman–Crippen LogP) is 2.15. The molecule has 0 fully saturated rings. The highest BCUT2D eigenvalue weighted by molar-refractivity contribution is 7.91. The Morgan fingerprint density at radius 2 is 1.75 bits per heavy atom. The molecule has 3 rings (SSSR count). The van der Waals surface area contributed by atoms with E-state index in [4.69, 9.17) is 18.9 Å². The van der Waals surface area contributed by atoms with Crippen molar-refractivity contribution < 1.29 is 37.0 Å². The Bertz CT molecular complexity index is 1140. The summed E-state index contributed by atoms with van der Waals surface area (Å²) >= 11 is 0. The summed E-state index contributed by atoms with van der Waals surface area (Å²) in [4.78, 5) is 23.9. The third-order valence-corrected chi connectivity index (χ3v) is 6.64. The van der Waals surface area contributed by atoms with Crippen LogP contribution in [0.5, 0.6) is 23.0 Å². The molecule has 0 atom stereocenters. The number of hydrogen-bond acceptors (Lipinski definition) is 8. The van der Waals surface area contributed by atoms with E-state index in [1.54, 1.807) is 19.1 Å². The van der Waals surface area contributed by atoms with E-state index in [9.17, 15) is 18.0 Å². The van der Waals surface area contributed by atoms with Crippen LogP contribution in [0.1, 0.15) is 12.0 Å². The van der Waals surface area contributed by atoms with Crippen LogP contribution in [0, 0.1) is 6.92 Å². The Balaban J connectivity index is 1.73. The summed E-state index contributed by atoms with van der Waals surface area (Å²) in [6.45, 7) is 1.43. The first-order valence-corrected chi connectivity index (χ1v) is 11.2. The lowest BCUT2D eigenvalue weighted by molar-refractivity contribution is -0.118. The number of benzene rings is 2. The second kappa shape index (κ2) is 9.35. The molecule has 0 radical (unpaired) electrons. The van der Waals surface area contributed by atoms with Crippen LogP contribution in [0.2, 0.25) is 0 Å². The summed E-state index contributed by atoms with van der Waals surface area (Å²) in [6, 6.07) is 6.01. The minimum atomic E-state index is -3.78. The SMILES string of the molecule is COc1cc(NC(=O)CCS(=O)(=O)c2cc3c(cc2C)NC(=O)CO3)cc(OC)c1OC. The summed E-state index contributed by atoms with van der Waals surface area (Å²) < 4.78 is 46.8. The monoisotopic (exact) mass is 464 g/mol. The van der Waals surface area contributed by atoms with Crippen molar-refractivity contribution in [2.75, 3.05) is 44.3 Å². The molecule has 1 heterocycles. The summed E-state index contributed by atoms with van der Waals surface area (Å²) in [7, 11) is 0.579. The van der Waals surface area contributed by atoms with Gasteiger partial charge in [-0.25, -0.2) is 8.42 Å². The molecule has 2 aromatic rings. The van der Waals surface area contributed by atoms with E-state index in [1.165, 1.54) is 33.5 Å². The van der Waals surface area contributed by atoms with Gasteiger partial charge < -0.3 is 29.6 Å². The molecule has 2 aromatic carbocycles. The van der Waals surface area contributed by atoms with Crippen LogP contribution in [0.4, 0.5) is 11.4 Å². The summed E-state index contributed by atoms with van der Waals surface area (Å²) in [5.41, 5.74) is 1.23. The number of carbonyl (C=O) groups is 2. The number of methoxy groups -OCH3 is 3. The van der Waals surface area contributed by atoms with E-state index in [0.717, 1.165) is 0 Å². The molecule has 0 bridgehead atoms. The van der Waals surface area contributed by atoms with Crippen LogP contribution in [-0.4, -0.2) is 53.9 Å². The minimum absolute atomic E-state index is 0.0491. The number of sulfone groups is 1. The van der Waals surface area contributed by atoms with Gasteiger partial charge in [-0.2, -0.15) is 0 Å². The van der Waals surface area contributed by atoms with Crippen LogP contribution >= 0.6 is 0 Å². The fraction of sp³-hybridized carbons (Fsp3) is 0.333. The molecule has 1 aliphatic rings. The molecule has 32 heavy (non-hydrogen) atoms. The van der Waals surface area contributed by atoms with Crippen molar-refractivity contribution in [3.05, 3.63) is 29.8 Å². The van der Waals surface area contributed by atoms with Crippen molar-refractivity contribution in [2.24, 2.45) is 0 Å². The van der Waals surface area contributed by atoms with Gasteiger partial charge in [-0.3, -0.25) is 9.59 Å². The zero-order chi connectivity index (χ0) is 23.5. The third kappa shape index (κ3) is 4.88. The first kappa shape index (κ1) is 23.2. The molecule has 0 aromatic heterocycles. The van der Waals surface area contributed by atoms with Gasteiger partial charge in [0.15, 0.2) is 27.9 Å². The Kier molecular flexibility index (Phi) is 6.78. The average Bonchev–Trinajstić information content (AvgIpc) is 2.76. The molecule has 172 valence electrons. The number of hydrogen-bond donors (Lipinski definition) is 2. The average molecular weight is 464 g/mol. The number of fused-ring (bicyclic) bond motifs is 1. The Hall–Kier alpha value is -3.47. The summed E-state index contributed by atoms with van der Waals surface area (Å²) in [5, 5.41) is 5.28. The highest BCUT2D eigenvalue weighted by Gasteiger charge is 2.24. The summed E-state index contributed by atoms with van der Waals surface area (Å²) in [5.74, 6) is 0.137. The lowest BCUT2D eigenvalue weighted by Crippen LogP contribution is -2.26. The lowest BCUT2D eigenvalue weighted by atomic mass is 10.2. The molecule has 2 N–H and O–H groups in total. The van der Waals surface area contributed by atoms with Gasteiger partial charge in [0.2, 0.25) is 11.7 Å². The first-order chi connectivity index (χ1) is 15.2. The molecule has 0 spiro atoms. The predicted molar refractivity (Wildman–Crippen MR) is 117 cm³/mol. The second-order valence-corrected chi connectivity index (χ2v) is 9.06. The maximum absolute atomic E-state index is 12.9. The zero-order valence-electron chi connectivity index (χ0n) is 18.1.